The molecule has 21 heavy (non-hydrogen) atoms. The van der Waals surface area contributed by atoms with Gasteiger partial charge in [-0.15, -0.1) is 0 Å². The number of anilines is 1. The van der Waals surface area contributed by atoms with Crippen LogP contribution in [0.25, 0.3) is 0 Å². The van der Waals surface area contributed by atoms with E-state index >= 15 is 0 Å². The second-order valence-corrected chi connectivity index (χ2v) is 6.69. The molecular formula is C12H14ClFN4O2S. The number of nitrogens with zero attached hydrogens (tertiary/aromatic N) is 2. The first-order chi connectivity index (χ1) is 9.79. The summed E-state index contributed by atoms with van der Waals surface area (Å²) in [6.07, 6.45) is 4.84. The molecule has 1 unspecified atom stereocenters. The molecule has 0 aliphatic heterocycles. The number of nitrogens with one attached hydrogen (secondary N) is 1. The molecule has 0 aliphatic rings. The Morgan fingerprint density at radius 3 is 2.86 bits per heavy atom. The standard InChI is InChI=1S/C12H14ClFN4O2S/c1-8(6-18-3-2-16-7-18)17-21(19,20)11-5-9(15)4-10(13)12(11)14/h2-5,7-8,17H,6,15H2,1H3. The van der Waals surface area contributed by atoms with E-state index in [4.69, 9.17) is 17.3 Å². The van der Waals surface area contributed by atoms with Gasteiger partial charge >= 0.3 is 0 Å². The Labute approximate surface area is 126 Å². The molecule has 0 saturated heterocycles. The molecule has 1 heterocycles. The van der Waals surface area contributed by atoms with Crippen LogP contribution in [0.5, 0.6) is 0 Å². The number of aromatic nitrogens is 2. The fraction of sp³-hybridized carbons (Fsp3) is 0.250. The van der Waals surface area contributed by atoms with E-state index in [1.54, 1.807) is 30.2 Å². The molecule has 1 atom stereocenters. The first-order valence-corrected chi connectivity index (χ1v) is 7.88. The van der Waals surface area contributed by atoms with Gasteiger partial charge in [0.2, 0.25) is 10.0 Å². The lowest BCUT2D eigenvalue weighted by molar-refractivity contribution is 0.513. The molecule has 0 bridgehead atoms. The molecule has 0 aliphatic carbocycles. The fourth-order valence-electron chi connectivity index (χ4n) is 1.86. The van der Waals surface area contributed by atoms with Crippen LogP contribution in [0.1, 0.15) is 6.92 Å². The SMILES string of the molecule is CC(Cn1ccnc1)NS(=O)(=O)c1cc(N)cc(Cl)c1F. The Hall–Kier alpha value is -1.64. The van der Waals surface area contributed by atoms with Crippen LogP contribution in [0, 0.1) is 5.82 Å². The number of hydrogen-bond acceptors (Lipinski definition) is 4. The van der Waals surface area contributed by atoms with E-state index in [9.17, 15) is 12.8 Å². The summed E-state index contributed by atoms with van der Waals surface area (Å²) in [6.45, 7) is 2.01. The minimum Gasteiger partial charge on any atom is -0.399 e. The summed E-state index contributed by atoms with van der Waals surface area (Å²) in [6, 6.07) is 1.72. The first-order valence-electron chi connectivity index (χ1n) is 6.02. The van der Waals surface area contributed by atoms with E-state index < -0.39 is 26.8 Å². The van der Waals surface area contributed by atoms with Gasteiger partial charge in [-0.1, -0.05) is 11.6 Å². The summed E-state index contributed by atoms with van der Waals surface area (Å²) >= 11 is 5.62. The molecule has 2 aromatic rings. The van der Waals surface area contributed by atoms with Gasteiger partial charge in [-0.3, -0.25) is 0 Å². The van der Waals surface area contributed by atoms with Gasteiger partial charge in [0, 0.05) is 30.7 Å². The molecule has 9 heteroatoms. The molecule has 6 nitrogen and oxygen atoms in total. The number of halogens is 2. The van der Waals surface area contributed by atoms with E-state index in [-0.39, 0.29) is 10.7 Å². The Kier molecular flexibility index (Phi) is 4.50. The third-order valence-corrected chi connectivity index (χ3v) is 4.57. The molecule has 0 fully saturated rings. The highest BCUT2D eigenvalue weighted by Gasteiger charge is 2.23. The zero-order chi connectivity index (χ0) is 15.6. The normalized spacial score (nSPS) is 13.3. The molecule has 114 valence electrons. The molecular weight excluding hydrogens is 319 g/mol. The minimum absolute atomic E-state index is 0.0732. The van der Waals surface area contributed by atoms with Crippen molar-refractivity contribution in [3.05, 3.63) is 41.7 Å². The number of imidazole rings is 1. The van der Waals surface area contributed by atoms with Crippen molar-refractivity contribution in [2.24, 2.45) is 0 Å². The van der Waals surface area contributed by atoms with Crippen molar-refractivity contribution in [3.63, 3.8) is 0 Å². The van der Waals surface area contributed by atoms with Gasteiger partial charge in [0.25, 0.3) is 0 Å². The Bertz CT molecular complexity index is 734. The molecule has 1 aromatic carbocycles. The largest absolute Gasteiger partial charge is 0.399 e. The fourth-order valence-corrected chi connectivity index (χ4v) is 3.51. The third kappa shape index (κ3) is 3.72. The Balaban J connectivity index is 2.22. The summed E-state index contributed by atoms with van der Waals surface area (Å²) in [4.78, 5) is 3.29. The van der Waals surface area contributed by atoms with Crippen LogP contribution in [0.15, 0.2) is 35.7 Å². The zero-order valence-corrected chi connectivity index (χ0v) is 12.7. The smallest absolute Gasteiger partial charge is 0.243 e. The Morgan fingerprint density at radius 1 is 1.52 bits per heavy atom. The summed E-state index contributed by atoms with van der Waals surface area (Å²) < 4.78 is 42.4. The summed E-state index contributed by atoms with van der Waals surface area (Å²) in [5.41, 5.74) is 5.58. The van der Waals surface area contributed by atoms with Crippen LogP contribution in [0.4, 0.5) is 10.1 Å². The van der Waals surface area contributed by atoms with Crippen LogP contribution in [0.2, 0.25) is 5.02 Å². The maximum Gasteiger partial charge on any atom is 0.243 e. The van der Waals surface area contributed by atoms with Gasteiger partial charge in [-0.05, 0) is 19.1 Å². The second kappa shape index (κ2) is 6.00. The summed E-state index contributed by atoms with van der Waals surface area (Å²) in [5.74, 6) is -1.02. The second-order valence-electron chi connectivity index (χ2n) is 4.60. The number of benzene rings is 1. The predicted molar refractivity (Wildman–Crippen MR) is 77.8 cm³/mol. The highest BCUT2D eigenvalue weighted by molar-refractivity contribution is 7.89. The van der Waals surface area contributed by atoms with E-state index in [2.05, 4.69) is 9.71 Å². The predicted octanol–water partition coefficient (Wildman–Crippen LogP) is 1.62. The number of nitrogen functional groups attached to an aromatic ring is 1. The maximum atomic E-state index is 13.9. The van der Waals surface area contributed by atoms with Crippen molar-refractivity contribution >= 4 is 27.3 Å². The highest BCUT2D eigenvalue weighted by Crippen LogP contribution is 2.25. The van der Waals surface area contributed by atoms with Crippen LogP contribution in [0.3, 0.4) is 0 Å². The quantitative estimate of drug-likeness (QED) is 0.814. The molecule has 0 amide bonds. The van der Waals surface area contributed by atoms with E-state index in [1.165, 1.54) is 0 Å². The molecule has 1 aromatic heterocycles. The van der Waals surface area contributed by atoms with Gasteiger partial charge in [-0.2, -0.15) is 0 Å². The van der Waals surface area contributed by atoms with Crippen molar-refractivity contribution in [2.45, 2.75) is 24.4 Å². The van der Waals surface area contributed by atoms with Gasteiger partial charge in [0.1, 0.15) is 4.90 Å². The maximum absolute atomic E-state index is 13.9. The molecule has 0 saturated carbocycles. The van der Waals surface area contributed by atoms with Gasteiger partial charge in [0.05, 0.1) is 11.3 Å². The van der Waals surface area contributed by atoms with Crippen LogP contribution in [-0.4, -0.2) is 24.0 Å². The van der Waals surface area contributed by atoms with Crippen molar-refractivity contribution < 1.29 is 12.8 Å². The van der Waals surface area contributed by atoms with Crippen molar-refractivity contribution in [2.75, 3.05) is 5.73 Å². The average Bonchev–Trinajstić information content (AvgIpc) is 2.85. The number of nitrogens with two attached hydrogens (primary N) is 1. The van der Waals surface area contributed by atoms with Crippen LogP contribution < -0.4 is 10.5 Å². The van der Waals surface area contributed by atoms with Crippen molar-refractivity contribution in [1.29, 1.82) is 0 Å². The molecule has 0 radical (unpaired) electrons. The third-order valence-electron chi connectivity index (χ3n) is 2.71. The number of rotatable bonds is 5. The zero-order valence-electron chi connectivity index (χ0n) is 11.1. The molecule has 2 rings (SSSR count). The molecule has 3 N–H and O–H groups in total. The van der Waals surface area contributed by atoms with Crippen LogP contribution in [-0.2, 0) is 16.6 Å². The van der Waals surface area contributed by atoms with Crippen molar-refractivity contribution in [3.8, 4) is 0 Å². The van der Waals surface area contributed by atoms with Crippen molar-refractivity contribution in [1.82, 2.24) is 14.3 Å². The summed E-state index contributed by atoms with van der Waals surface area (Å²) in [5, 5.41) is -0.336. The Morgan fingerprint density at radius 2 is 2.24 bits per heavy atom. The average molecular weight is 333 g/mol. The number of sulfonamides is 1. The molecule has 0 spiro atoms. The minimum atomic E-state index is -4.06. The summed E-state index contributed by atoms with van der Waals surface area (Å²) in [7, 11) is -4.06. The highest BCUT2D eigenvalue weighted by atomic mass is 35.5. The topological polar surface area (TPSA) is 90.0 Å². The monoisotopic (exact) mass is 332 g/mol. The van der Waals surface area contributed by atoms with Gasteiger partial charge in [-0.25, -0.2) is 22.5 Å². The van der Waals surface area contributed by atoms with Gasteiger partial charge < -0.3 is 10.3 Å². The van der Waals surface area contributed by atoms with E-state index in [0.717, 1.165) is 12.1 Å². The lowest BCUT2D eigenvalue weighted by Gasteiger charge is -2.15. The van der Waals surface area contributed by atoms with E-state index in [0.29, 0.717) is 6.54 Å². The lowest BCUT2D eigenvalue weighted by Crippen LogP contribution is -2.36. The first kappa shape index (κ1) is 15.7. The van der Waals surface area contributed by atoms with Gasteiger partial charge in [0.15, 0.2) is 5.82 Å². The number of hydrogen-bond donors (Lipinski definition) is 2. The lowest BCUT2D eigenvalue weighted by atomic mass is 10.3. The van der Waals surface area contributed by atoms with E-state index in [1.807, 2.05) is 0 Å². The van der Waals surface area contributed by atoms with Crippen LogP contribution >= 0.6 is 11.6 Å².